The summed E-state index contributed by atoms with van der Waals surface area (Å²) in [5.41, 5.74) is 0.367. The van der Waals surface area contributed by atoms with Gasteiger partial charge in [0.05, 0.1) is 4.92 Å². The van der Waals surface area contributed by atoms with Gasteiger partial charge in [0.2, 0.25) is 5.70 Å². The Morgan fingerprint density at radius 2 is 1.43 bits per heavy atom. The Bertz CT molecular complexity index is 353. The van der Waals surface area contributed by atoms with E-state index >= 15 is 0 Å². The van der Waals surface area contributed by atoms with Crippen LogP contribution in [0.25, 0.3) is 0 Å². The van der Waals surface area contributed by atoms with Crippen LogP contribution in [0.15, 0.2) is 11.8 Å². The second-order valence-corrected chi connectivity index (χ2v) is 6.17. The molecule has 0 aromatic heterocycles. The second-order valence-electron chi connectivity index (χ2n) is 6.17. The predicted molar refractivity (Wildman–Crippen MR) is 93.0 cm³/mol. The highest BCUT2D eigenvalue weighted by Gasteiger charge is 2.09. The second kappa shape index (κ2) is 15.5. The molecule has 0 spiro atoms. The molecule has 0 aromatic rings. The highest BCUT2D eigenvalue weighted by atomic mass is 16.6. The number of carboxylic acid groups (broad SMARTS) is 1. The van der Waals surface area contributed by atoms with E-state index in [1.54, 1.807) is 6.08 Å². The van der Waals surface area contributed by atoms with Crippen LogP contribution < -0.4 is 0 Å². The summed E-state index contributed by atoms with van der Waals surface area (Å²) < 4.78 is 0. The molecule has 0 amide bonds. The molecule has 0 aliphatic carbocycles. The number of allylic oxidation sites excluding steroid dienone is 2. The van der Waals surface area contributed by atoms with Crippen molar-refractivity contribution in [1.82, 2.24) is 0 Å². The highest BCUT2D eigenvalue weighted by Crippen LogP contribution is 2.15. The molecule has 0 fully saturated rings. The van der Waals surface area contributed by atoms with Crippen molar-refractivity contribution in [1.29, 1.82) is 0 Å². The van der Waals surface area contributed by atoms with Gasteiger partial charge in [0, 0.05) is 12.8 Å². The molecule has 134 valence electrons. The number of unbranched alkanes of at least 4 members (excludes halogenated alkanes) is 10. The summed E-state index contributed by atoms with van der Waals surface area (Å²) >= 11 is 0. The standard InChI is InChI=1S/C18H33NO4/c1-2-3-4-5-8-11-14-17(19(22)23)15-12-9-6-7-10-13-16-18(20)21/h14H,2-13,15-16H2,1H3,(H,20,21)/b17-14+. The first kappa shape index (κ1) is 21.6. The lowest BCUT2D eigenvalue weighted by molar-refractivity contribution is -0.428. The van der Waals surface area contributed by atoms with E-state index < -0.39 is 5.97 Å². The van der Waals surface area contributed by atoms with Gasteiger partial charge in [-0.05, 0) is 31.8 Å². The summed E-state index contributed by atoms with van der Waals surface area (Å²) in [6.45, 7) is 2.18. The maximum atomic E-state index is 11.0. The molecule has 0 aliphatic heterocycles. The molecule has 0 saturated carbocycles. The van der Waals surface area contributed by atoms with Gasteiger partial charge in [-0.25, -0.2) is 0 Å². The first-order valence-corrected chi connectivity index (χ1v) is 9.13. The smallest absolute Gasteiger partial charge is 0.303 e. The van der Waals surface area contributed by atoms with Gasteiger partial charge in [-0.3, -0.25) is 14.9 Å². The normalized spacial score (nSPS) is 11.6. The van der Waals surface area contributed by atoms with E-state index in [2.05, 4.69) is 6.92 Å². The van der Waals surface area contributed by atoms with E-state index in [9.17, 15) is 14.9 Å². The van der Waals surface area contributed by atoms with Crippen LogP contribution in [0.5, 0.6) is 0 Å². The van der Waals surface area contributed by atoms with Gasteiger partial charge in [-0.2, -0.15) is 0 Å². The number of nitro groups is 1. The maximum absolute atomic E-state index is 11.0. The van der Waals surface area contributed by atoms with Gasteiger partial charge in [0.15, 0.2) is 0 Å². The lowest BCUT2D eigenvalue weighted by Gasteiger charge is -2.02. The summed E-state index contributed by atoms with van der Waals surface area (Å²) in [7, 11) is 0. The number of hydrogen-bond donors (Lipinski definition) is 1. The lowest BCUT2D eigenvalue weighted by Crippen LogP contribution is -1.99. The number of carbonyl (C=O) groups is 1. The Balaban J connectivity index is 3.67. The van der Waals surface area contributed by atoms with E-state index in [1.807, 2.05) is 0 Å². The Hall–Kier alpha value is -1.39. The molecule has 0 saturated heterocycles. The fourth-order valence-corrected chi connectivity index (χ4v) is 2.57. The summed E-state index contributed by atoms with van der Waals surface area (Å²) in [5, 5.41) is 19.5. The van der Waals surface area contributed by atoms with E-state index in [0.29, 0.717) is 12.1 Å². The molecule has 0 radical (unpaired) electrons. The molecule has 0 unspecified atom stereocenters. The van der Waals surface area contributed by atoms with Crippen LogP contribution in [0.4, 0.5) is 0 Å². The van der Waals surface area contributed by atoms with Gasteiger partial charge >= 0.3 is 5.97 Å². The highest BCUT2D eigenvalue weighted by molar-refractivity contribution is 5.66. The zero-order valence-corrected chi connectivity index (χ0v) is 14.6. The topological polar surface area (TPSA) is 80.4 Å². The quantitative estimate of drug-likeness (QED) is 0.223. The third kappa shape index (κ3) is 15.3. The van der Waals surface area contributed by atoms with E-state index in [-0.39, 0.29) is 11.3 Å². The van der Waals surface area contributed by atoms with E-state index in [0.717, 1.165) is 57.8 Å². The van der Waals surface area contributed by atoms with Crippen molar-refractivity contribution in [2.24, 2.45) is 0 Å². The van der Waals surface area contributed by atoms with Crippen LogP contribution >= 0.6 is 0 Å². The van der Waals surface area contributed by atoms with Crippen molar-refractivity contribution in [3.63, 3.8) is 0 Å². The number of aliphatic carboxylic acids is 1. The summed E-state index contributed by atoms with van der Waals surface area (Å²) in [6, 6.07) is 0. The monoisotopic (exact) mass is 327 g/mol. The minimum absolute atomic E-state index is 0.237. The SMILES string of the molecule is CCCCCCC/C=C(\CCCCCCCCC(=O)O)[N+](=O)[O-]. The Morgan fingerprint density at radius 3 is 2.00 bits per heavy atom. The molecule has 5 heteroatoms. The molecule has 23 heavy (non-hydrogen) atoms. The Labute approximate surface area is 140 Å². The van der Waals surface area contributed by atoms with Crippen LogP contribution in [-0.4, -0.2) is 16.0 Å². The lowest BCUT2D eigenvalue weighted by atomic mass is 10.1. The van der Waals surface area contributed by atoms with Gasteiger partial charge in [0.25, 0.3) is 0 Å². The number of rotatable bonds is 16. The van der Waals surface area contributed by atoms with Crippen LogP contribution in [-0.2, 0) is 4.79 Å². The summed E-state index contributed by atoms with van der Waals surface area (Å²) in [5.74, 6) is -0.736. The van der Waals surface area contributed by atoms with Gasteiger partial charge in [-0.15, -0.1) is 0 Å². The van der Waals surface area contributed by atoms with E-state index in [1.165, 1.54) is 19.3 Å². The van der Waals surface area contributed by atoms with Crippen LogP contribution in [0.2, 0.25) is 0 Å². The third-order valence-corrected chi connectivity index (χ3v) is 4.00. The Kier molecular flexibility index (Phi) is 14.6. The van der Waals surface area contributed by atoms with Crippen LogP contribution in [0.1, 0.15) is 96.8 Å². The molecule has 0 bridgehead atoms. The van der Waals surface area contributed by atoms with Gasteiger partial charge in [-0.1, -0.05) is 58.3 Å². The fourth-order valence-electron chi connectivity index (χ4n) is 2.57. The molecule has 0 aromatic carbocycles. The third-order valence-electron chi connectivity index (χ3n) is 4.00. The molecule has 1 N–H and O–H groups in total. The molecule has 0 aliphatic rings. The van der Waals surface area contributed by atoms with Gasteiger partial charge < -0.3 is 5.11 Å². The van der Waals surface area contributed by atoms with Crippen molar-refractivity contribution < 1.29 is 14.8 Å². The first-order chi connectivity index (χ1) is 11.1. The van der Waals surface area contributed by atoms with Crippen molar-refractivity contribution in [3.05, 3.63) is 21.9 Å². The van der Waals surface area contributed by atoms with E-state index in [4.69, 9.17) is 5.11 Å². The Morgan fingerprint density at radius 1 is 0.913 bits per heavy atom. The summed E-state index contributed by atoms with van der Waals surface area (Å²) in [4.78, 5) is 21.1. The average molecular weight is 327 g/mol. The fraction of sp³-hybridized carbons (Fsp3) is 0.833. The number of nitrogens with zero attached hydrogens (tertiary/aromatic N) is 1. The molecule has 0 heterocycles. The predicted octanol–water partition coefficient (Wildman–Crippen LogP) is 5.71. The average Bonchev–Trinajstić information content (AvgIpc) is 2.50. The van der Waals surface area contributed by atoms with Crippen LogP contribution in [0.3, 0.4) is 0 Å². The van der Waals surface area contributed by atoms with Crippen LogP contribution in [0, 0.1) is 10.1 Å². The molecule has 5 nitrogen and oxygen atoms in total. The molecule has 0 rings (SSSR count). The van der Waals surface area contributed by atoms with Crippen molar-refractivity contribution >= 4 is 5.97 Å². The first-order valence-electron chi connectivity index (χ1n) is 9.13. The number of hydrogen-bond acceptors (Lipinski definition) is 3. The minimum Gasteiger partial charge on any atom is -0.481 e. The van der Waals surface area contributed by atoms with Crippen molar-refractivity contribution in [3.8, 4) is 0 Å². The molecular formula is C18H33NO4. The van der Waals surface area contributed by atoms with Crippen molar-refractivity contribution in [2.45, 2.75) is 96.8 Å². The van der Waals surface area contributed by atoms with Crippen molar-refractivity contribution in [2.75, 3.05) is 0 Å². The minimum atomic E-state index is -0.736. The number of carboxylic acids is 1. The maximum Gasteiger partial charge on any atom is 0.303 e. The molecular weight excluding hydrogens is 294 g/mol. The zero-order chi connectivity index (χ0) is 17.3. The zero-order valence-electron chi connectivity index (χ0n) is 14.6. The largest absolute Gasteiger partial charge is 0.481 e. The summed E-state index contributed by atoms with van der Waals surface area (Å²) in [6.07, 6.45) is 14.8. The van der Waals surface area contributed by atoms with Gasteiger partial charge in [0.1, 0.15) is 0 Å². The molecule has 0 atom stereocenters.